The molecule has 0 aliphatic carbocycles. The van der Waals surface area contributed by atoms with Crippen molar-refractivity contribution in [3.05, 3.63) is 59.0 Å². The van der Waals surface area contributed by atoms with Gasteiger partial charge in [0.05, 0.1) is 5.56 Å². The summed E-state index contributed by atoms with van der Waals surface area (Å²) in [5.74, 6) is 0.106. The van der Waals surface area contributed by atoms with Gasteiger partial charge in [0.1, 0.15) is 11.6 Å². The van der Waals surface area contributed by atoms with Gasteiger partial charge in [0.2, 0.25) is 0 Å². The Hall–Kier alpha value is -2.43. The van der Waals surface area contributed by atoms with Gasteiger partial charge < -0.3 is 10.2 Å². The molecule has 0 atom stereocenters. The second-order valence-corrected chi connectivity index (χ2v) is 5.04. The van der Waals surface area contributed by atoms with Crippen LogP contribution in [0.4, 0.5) is 10.2 Å². The quantitative estimate of drug-likeness (QED) is 0.940. The average molecular weight is 287 g/mol. The van der Waals surface area contributed by atoms with Crippen LogP contribution in [0.15, 0.2) is 36.5 Å². The lowest BCUT2D eigenvalue weighted by Gasteiger charge is -2.15. The number of pyridine rings is 1. The Morgan fingerprint density at radius 2 is 2.10 bits per heavy atom. The molecule has 0 bridgehead atoms. The summed E-state index contributed by atoms with van der Waals surface area (Å²) in [4.78, 5) is 18.2. The minimum Gasteiger partial charge on any atom is -0.362 e. The maximum atomic E-state index is 13.5. The number of aromatic nitrogens is 1. The maximum Gasteiger partial charge on any atom is 0.255 e. The van der Waals surface area contributed by atoms with E-state index in [0.717, 1.165) is 5.56 Å². The molecule has 0 radical (unpaired) electrons. The van der Waals surface area contributed by atoms with E-state index in [1.807, 2.05) is 14.1 Å². The Labute approximate surface area is 123 Å². The number of halogens is 1. The first-order chi connectivity index (χ1) is 9.99. The molecule has 0 spiro atoms. The first kappa shape index (κ1) is 15.0. The lowest BCUT2D eigenvalue weighted by atomic mass is 10.1. The van der Waals surface area contributed by atoms with Crippen molar-refractivity contribution >= 4 is 11.7 Å². The lowest BCUT2D eigenvalue weighted by Crippen LogP contribution is -2.26. The van der Waals surface area contributed by atoms with E-state index >= 15 is 0 Å². The molecule has 2 rings (SSSR count). The molecule has 5 heteroatoms. The van der Waals surface area contributed by atoms with Crippen molar-refractivity contribution in [2.45, 2.75) is 13.5 Å². The van der Waals surface area contributed by atoms with E-state index in [4.69, 9.17) is 0 Å². The minimum absolute atomic E-state index is 0.229. The molecule has 1 heterocycles. The zero-order valence-corrected chi connectivity index (χ0v) is 12.4. The zero-order valence-electron chi connectivity index (χ0n) is 12.4. The van der Waals surface area contributed by atoms with Gasteiger partial charge in [-0.05, 0) is 36.2 Å². The summed E-state index contributed by atoms with van der Waals surface area (Å²) in [5, 5.41) is 2.78. The molecule has 0 aliphatic rings. The Morgan fingerprint density at radius 3 is 2.76 bits per heavy atom. The second kappa shape index (κ2) is 6.35. The molecule has 0 saturated carbocycles. The SMILES string of the molecule is Cc1ccc(CNC(=O)c2cccnc2N(C)C)cc1F. The van der Waals surface area contributed by atoms with E-state index in [1.165, 1.54) is 6.07 Å². The molecule has 0 aliphatic heterocycles. The molecule has 1 amide bonds. The first-order valence-electron chi connectivity index (χ1n) is 6.64. The van der Waals surface area contributed by atoms with Crippen LogP contribution in [0, 0.1) is 12.7 Å². The van der Waals surface area contributed by atoms with Crippen LogP contribution in [-0.2, 0) is 6.54 Å². The summed E-state index contributed by atoms with van der Waals surface area (Å²) < 4.78 is 13.5. The predicted octanol–water partition coefficient (Wildman–Crippen LogP) is 2.53. The van der Waals surface area contributed by atoms with Gasteiger partial charge in [0.25, 0.3) is 5.91 Å². The van der Waals surface area contributed by atoms with Crippen LogP contribution < -0.4 is 10.2 Å². The number of carbonyl (C=O) groups excluding carboxylic acids is 1. The molecule has 0 saturated heterocycles. The highest BCUT2D eigenvalue weighted by atomic mass is 19.1. The van der Waals surface area contributed by atoms with Crippen molar-refractivity contribution in [3.8, 4) is 0 Å². The van der Waals surface area contributed by atoms with Crippen LogP contribution in [0.1, 0.15) is 21.5 Å². The number of benzene rings is 1. The predicted molar refractivity (Wildman–Crippen MR) is 80.9 cm³/mol. The van der Waals surface area contributed by atoms with E-state index in [1.54, 1.807) is 42.3 Å². The third-order valence-electron chi connectivity index (χ3n) is 3.14. The van der Waals surface area contributed by atoms with Gasteiger partial charge in [-0.3, -0.25) is 4.79 Å². The molecule has 0 unspecified atom stereocenters. The Bertz CT molecular complexity index is 656. The summed E-state index contributed by atoms with van der Waals surface area (Å²) in [6.45, 7) is 1.98. The van der Waals surface area contributed by atoms with Gasteiger partial charge in [-0.15, -0.1) is 0 Å². The summed E-state index contributed by atoms with van der Waals surface area (Å²) in [5.41, 5.74) is 1.81. The fourth-order valence-electron chi connectivity index (χ4n) is 1.95. The Kier molecular flexibility index (Phi) is 4.52. The molecular formula is C16H18FN3O. The van der Waals surface area contributed by atoms with E-state index in [-0.39, 0.29) is 18.3 Å². The number of nitrogens with zero attached hydrogens (tertiary/aromatic N) is 2. The Balaban J connectivity index is 2.10. The lowest BCUT2D eigenvalue weighted by molar-refractivity contribution is 0.0951. The topological polar surface area (TPSA) is 45.2 Å². The normalized spacial score (nSPS) is 10.3. The zero-order chi connectivity index (χ0) is 15.4. The van der Waals surface area contributed by atoms with Crippen molar-refractivity contribution in [3.63, 3.8) is 0 Å². The van der Waals surface area contributed by atoms with Crippen LogP contribution in [-0.4, -0.2) is 25.0 Å². The number of carbonyl (C=O) groups is 1. The number of anilines is 1. The van der Waals surface area contributed by atoms with Crippen molar-refractivity contribution in [1.82, 2.24) is 10.3 Å². The highest BCUT2D eigenvalue weighted by Gasteiger charge is 2.13. The first-order valence-corrected chi connectivity index (χ1v) is 6.64. The van der Waals surface area contributed by atoms with Gasteiger partial charge in [-0.2, -0.15) is 0 Å². The van der Waals surface area contributed by atoms with Crippen LogP contribution in [0.5, 0.6) is 0 Å². The van der Waals surface area contributed by atoms with E-state index in [9.17, 15) is 9.18 Å². The Morgan fingerprint density at radius 1 is 1.33 bits per heavy atom. The van der Waals surface area contributed by atoms with Crippen LogP contribution in [0.3, 0.4) is 0 Å². The van der Waals surface area contributed by atoms with Crippen molar-refractivity contribution in [2.75, 3.05) is 19.0 Å². The molecule has 1 N–H and O–H groups in total. The molecule has 0 fully saturated rings. The highest BCUT2D eigenvalue weighted by Crippen LogP contribution is 2.14. The van der Waals surface area contributed by atoms with Gasteiger partial charge in [0.15, 0.2) is 0 Å². The number of hydrogen-bond acceptors (Lipinski definition) is 3. The summed E-state index contributed by atoms with van der Waals surface area (Å²) in [6.07, 6.45) is 1.64. The van der Waals surface area contributed by atoms with Crippen LogP contribution in [0.2, 0.25) is 0 Å². The van der Waals surface area contributed by atoms with Crippen LogP contribution >= 0.6 is 0 Å². The fraction of sp³-hybridized carbons (Fsp3) is 0.250. The largest absolute Gasteiger partial charge is 0.362 e. The molecule has 1 aromatic carbocycles. The average Bonchev–Trinajstić information content (AvgIpc) is 2.48. The molecule has 1 aromatic heterocycles. The summed E-state index contributed by atoms with van der Waals surface area (Å²) >= 11 is 0. The van der Waals surface area contributed by atoms with Gasteiger partial charge >= 0.3 is 0 Å². The molecule has 4 nitrogen and oxygen atoms in total. The van der Waals surface area contributed by atoms with E-state index in [2.05, 4.69) is 10.3 Å². The van der Waals surface area contributed by atoms with Crippen LogP contribution in [0.25, 0.3) is 0 Å². The smallest absolute Gasteiger partial charge is 0.255 e. The molecule has 2 aromatic rings. The monoisotopic (exact) mass is 287 g/mol. The fourth-order valence-corrected chi connectivity index (χ4v) is 1.95. The number of rotatable bonds is 4. The third-order valence-corrected chi connectivity index (χ3v) is 3.14. The van der Waals surface area contributed by atoms with Gasteiger partial charge in [-0.1, -0.05) is 12.1 Å². The van der Waals surface area contributed by atoms with Crippen molar-refractivity contribution in [1.29, 1.82) is 0 Å². The van der Waals surface area contributed by atoms with Crippen molar-refractivity contribution in [2.24, 2.45) is 0 Å². The number of hydrogen-bond donors (Lipinski definition) is 1. The molecular weight excluding hydrogens is 269 g/mol. The van der Waals surface area contributed by atoms with E-state index < -0.39 is 0 Å². The molecule has 21 heavy (non-hydrogen) atoms. The minimum atomic E-state index is -0.267. The maximum absolute atomic E-state index is 13.5. The number of aryl methyl sites for hydroxylation is 1. The van der Waals surface area contributed by atoms with E-state index in [0.29, 0.717) is 16.9 Å². The van der Waals surface area contributed by atoms with Gasteiger partial charge in [-0.25, -0.2) is 9.37 Å². The molecule has 110 valence electrons. The summed E-state index contributed by atoms with van der Waals surface area (Å²) in [6, 6.07) is 8.37. The highest BCUT2D eigenvalue weighted by molar-refractivity contribution is 5.98. The number of amides is 1. The second-order valence-electron chi connectivity index (χ2n) is 5.04. The standard InChI is InChI=1S/C16H18FN3O/c1-11-6-7-12(9-14(11)17)10-19-16(21)13-5-4-8-18-15(13)20(2)3/h4-9H,10H2,1-3H3,(H,19,21). The summed E-state index contributed by atoms with van der Waals surface area (Å²) in [7, 11) is 3.66. The van der Waals surface area contributed by atoms with Crippen molar-refractivity contribution < 1.29 is 9.18 Å². The number of nitrogens with one attached hydrogen (secondary N) is 1. The third kappa shape index (κ3) is 3.56. The van der Waals surface area contributed by atoms with Gasteiger partial charge in [0, 0.05) is 26.8 Å².